The number of halogens is 2. The van der Waals surface area contributed by atoms with Gasteiger partial charge in [-0.15, -0.1) is 0 Å². The third-order valence-electron chi connectivity index (χ3n) is 7.24. The highest BCUT2D eigenvalue weighted by atomic mass is 35.5. The average Bonchev–Trinajstić information content (AvgIpc) is 2.89. The number of hydrogen-bond acceptors (Lipinski definition) is 4. The molecule has 2 aliphatic rings. The molecule has 4 rings (SSSR count). The van der Waals surface area contributed by atoms with Gasteiger partial charge >= 0.3 is 0 Å². The summed E-state index contributed by atoms with van der Waals surface area (Å²) in [6.07, 6.45) is 5.94. The number of piperazine rings is 1. The molecule has 8 heteroatoms. The number of aryl methyl sites for hydroxylation is 1. The normalized spacial score (nSPS) is 19.1. The monoisotopic (exact) mass is 557 g/mol. The van der Waals surface area contributed by atoms with Gasteiger partial charge in [0, 0.05) is 47.8 Å². The molecule has 6 nitrogen and oxygen atoms in total. The summed E-state index contributed by atoms with van der Waals surface area (Å²) in [7, 11) is 0. The third-order valence-corrected chi connectivity index (χ3v) is 7.82. The standard InChI is InChI=1S/C30H41Cl2N5O/c1-22(2)18-27-20-37(17-14-33-27)29(21-36-15-4-3-5-16-36)34-25-9-11-26(12-10-25)35-30(38)13-7-23-6-8-24(31)19-28(23)32/h6,8-12,19,22,27,33H,3-5,7,13-18,20-21H2,1-2H3,(H,35,38)/t27-/m0/s1. The van der Waals surface area contributed by atoms with Gasteiger partial charge in [-0.25, -0.2) is 4.99 Å². The van der Waals surface area contributed by atoms with Crippen LogP contribution in [0.1, 0.15) is 51.5 Å². The minimum atomic E-state index is -0.0462. The van der Waals surface area contributed by atoms with E-state index < -0.39 is 0 Å². The predicted molar refractivity (Wildman–Crippen MR) is 160 cm³/mol. The maximum atomic E-state index is 12.5. The van der Waals surface area contributed by atoms with Crippen molar-refractivity contribution in [3.8, 4) is 0 Å². The maximum Gasteiger partial charge on any atom is 0.224 e. The van der Waals surface area contributed by atoms with E-state index in [0.717, 1.165) is 62.0 Å². The fourth-order valence-electron chi connectivity index (χ4n) is 5.27. The van der Waals surface area contributed by atoms with Crippen molar-refractivity contribution in [2.45, 2.75) is 58.4 Å². The Labute approximate surface area is 237 Å². The SMILES string of the molecule is CC(C)C[C@H]1CN(C(CN2CCCCC2)=Nc2ccc(NC(=O)CCc3ccc(Cl)cc3Cl)cc2)CCN1. The molecule has 38 heavy (non-hydrogen) atoms. The zero-order valence-corrected chi connectivity index (χ0v) is 24.2. The lowest BCUT2D eigenvalue weighted by Gasteiger charge is -2.38. The maximum absolute atomic E-state index is 12.5. The van der Waals surface area contributed by atoms with Crippen molar-refractivity contribution >= 4 is 46.3 Å². The summed E-state index contributed by atoms with van der Waals surface area (Å²) in [6.45, 7) is 10.7. The van der Waals surface area contributed by atoms with Crippen LogP contribution in [0.4, 0.5) is 11.4 Å². The van der Waals surface area contributed by atoms with Crippen molar-refractivity contribution in [3.05, 3.63) is 58.1 Å². The molecule has 206 valence electrons. The van der Waals surface area contributed by atoms with E-state index in [4.69, 9.17) is 28.2 Å². The number of rotatable bonds is 9. The van der Waals surface area contributed by atoms with Gasteiger partial charge in [-0.3, -0.25) is 9.69 Å². The summed E-state index contributed by atoms with van der Waals surface area (Å²) >= 11 is 12.2. The van der Waals surface area contributed by atoms with Crippen LogP contribution in [0.15, 0.2) is 47.5 Å². The van der Waals surface area contributed by atoms with E-state index in [1.165, 1.54) is 25.7 Å². The lowest BCUT2D eigenvalue weighted by molar-refractivity contribution is -0.116. The second-order valence-corrected chi connectivity index (χ2v) is 11.8. The molecule has 0 radical (unpaired) electrons. The zero-order valence-electron chi connectivity index (χ0n) is 22.7. The molecule has 1 atom stereocenters. The van der Waals surface area contributed by atoms with E-state index >= 15 is 0 Å². The number of carbonyl (C=O) groups excluding carboxylic acids is 1. The van der Waals surface area contributed by atoms with Crippen LogP contribution >= 0.6 is 23.2 Å². The van der Waals surface area contributed by atoms with Crippen molar-refractivity contribution in [1.29, 1.82) is 0 Å². The number of aliphatic imine (C=N–C) groups is 1. The van der Waals surface area contributed by atoms with Gasteiger partial charge in [0.1, 0.15) is 5.84 Å². The highest BCUT2D eigenvalue weighted by Gasteiger charge is 2.24. The molecule has 2 saturated heterocycles. The van der Waals surface area contributed by atoms with Gasteiger partial charge in [0.25, 0.3) is 0 Å². The first-order chi connectivity index (χ1) is 18.4. The fourth-order valence-corrected chi connectivity index (χ4v) is 5.78. The quantitative estimate of drug-likeness (QED) is 0.276. The van der Waals surface area contributed by atoms with Crippen molar-refractivity contribution < 1.29 is 4.79 Å². The fraction of sp³-hybridized carbons (Fsp3) is 0.533. The highest BCUT2D eigenvalue weighted by Crippen LogP contribution is 2.23. The zero-order chi connectivity index (χ0) is 26.9. The molecule has 2 heterocycles. The van der Waals surface area contributed by atoms with Gasteiger partial charge in [-0.05, 0) is 86.7 Å². The van der Waals surface area contributed by atoms with E-state index in [9.17, 15) is 4.79 Å². The number of likely N-dealkylation sites (tertiary alicyclic amines) is 1. The summed E-state index contributed by atoms with van der Waals surface area (Å²) in [5.41, 5.74) is 2.61. The van der Waals surface area contributed by atoms with Gasteiger partial charge in [0.05, 0.1) is 12.2 Å². The molecule has 0 spiro atoms. The number of nitrogens with zero attached hydrogens (tertiary/aromatic N) is 3. The summed E-state index contributed by atoms with van der Waals surface area (Å²) in [6, 6.07) is 13.7. The number of nitrogens with one attached hydrogen (secondary N) is 2. The number of amidine groups is 1. The van der Waals surface area contributed by atoms with Crippen molar-refractivity contribution in [2.75, 3.05) is 44.6 Å². The van der Waals surface area contributed by atoms with E-state index in [-0.39, 0.29) is 5.91 Å². The van der Waals surface area contributed by atoms with Gasteiger partial charge in [-0.1, -0.05) is 49.5 Å². The molecule has 0 aliphatic carbocycles. The topological polar surface area (TPSA) is 60.0 Å². The smallest absolute Gasteiger partial charge is 0.224 e. The van der Waals surface area contributed by atoms with Gasteiger partial charge in [0.15, 0.2) is 0 Å². The Kier molecular flexibility index (Phi) is 10.9. The van der Waals surface area contributed by atoms with Crippen molar-refractivity contribution in [3.63, 3.8) is 0 Å². The molecular formula is C30H41Cl2N5O. The van der Waals surface area contributed by atoms with Crippen LogP contribution in [0, 0.1) is 5.92 Å². The molecule has 0 unspecified atom stereocenters. The van der Waals surface area contributed by atoms with E-state index in [1.807, 2.05) is 30.3 Å². The molecule has 2 N–H and O–H groups in total. The van der Waals surface area contributed by atoms with Crippen LogP contribution in [-0.2, 0) is 11.2 Å². The molecule has 1 amide bonds. The third kappa shape index (κ3) is 8.98. The molecule has 2 aromatic carbocycles. The number of carbonyl (C=O) groups is 1. The van der Waals surface area contributed by atoms with Crippen LogP contribution in [-0.4, -0.2) is 66.9 Å². The van der Waals surface area contributed by atoms with Crippen molar-refractivity contribution in [2.24, 2.45) is 10.9 Å². The summed E-state index contributed by atoms with van der Waals surface area (Å²) in [4.78, 5) is 22.7. The van der Waals surface area contributed by atoms with Crippen LogP contribution in [0.2, 0.25) is 10.0 Å². The lowest BCUT2D eigenvalue weighted by atomic mass is 10.0. The molecular weight excluding hydrogens is 517 g/mol. The Hall–Kier alpha value is -2.12. The van der Waals surface area contributed by atoms with Crippen molar-refractivity contribution in [1.82, 2.24) is 15.1 Å². The Morgan fingerprint density at radius 3 is 2.55 bits per heavy atom. The van der Waals surface area contributed by atoms with Crippen LogP contribution < -0.4 is 10.6 Å². The van der Waals surface area contributed by atoms with Crippen LogP contribution in [0.25, 0.3) is 0 Å². The molecule has 0 saturated carbocycles. The summed E-state index contributed by atoms with van der Waals surface area (Å²) in [5, 5.41) is 7.87. The van der Waals surface area contributed by atoms with E-state index in [1.54, 1.807) is 12.1 Å². The first-order valence-electron chi connectivity index (χ1n) is 14.0. The van der Waals surface area contributed by atoms with Gasteiger partial charge in [0.2, 0.25) is 5.91 Å². The number of amides is 1. The molecule has 2 aliphatic heterocycles. The Balaban J connectivity index is 1.39. The first-order valence-corrected chi connectivity index (χ1v) is 14.7. The van der Waals surface area contributed by atoms with E-state index in [2.05, 4.69) is 34.3 Å². The number of anilines is 1. The average molecular weight is 559 g/mol. The molecule has 0 aromatic heterocycles. The lowest BCUT2D eigenvalue weighted by Crippen LogP contribution is -2.55. The number of benzene rings is 2. The Bertz CT molecular complexity index is 1080. The van der Waals surface area contributed by atoms with Gasteiger partial charge < -0.3 is 15.5 Å². The Morgan fingerprint density at radius 1 is 1.08 bits per heavy atom. The first kappa shape index (κ1) is 28.9. The largest absolute Gasteiger partial charge is 0.356 e. The molecule has 0 bridgehead atoms. The second kappa shape index (κ2) is 14.3. The van der Waals surface area contributed by atoms with Crippen LogP contribution in [0.5, 0.6) is 0 Å². The minimum Gasteiger partial charge on any atom is -0.356 e. The molecule has 2 fully saturated rings. The highest BCUT2D eigenvalue weighted by molar-refractivity contribution is 6.35. The summed E-state index contributed by atoms with van der Waals surface area (Å²) < 4.78 is 0. The minimum absolute atomic E-state index is 0.0462. The molecule has 2 aromatic rings. The van der Waals surface area contributed by atoms with Crippen LogP contribution in [0.3, 0.4) is 0 Å². The van der Waals surface area contributed by atoms with Gasteiger partial charge in [-0.2, -0.15) is 0 Å². The predicted octanol–water partition coefficient (Wildman–Crippen LogP) is 6.40. The Morgan fingerprint density at radius 2 is 1.84 bits per heavy atom. The second-order valence-electron chi connectivity index (χ2n) is 10.9. The van der Waals surface area contributed by atoms with E-state index in [0.29, 0.717) is 34.8 Å². The number of piperidine rings is 1. The summed E-state index contributed by atoms with van der Waals surface area (Å²) in [5.74, 6) is 1.77. The number of hydrogen-bond donors (Lipinski definition) is 2.